The van der Waals surface area contributed by atoms with Gasteiger partial charge in [-0.1, -0.05) is 271 Å². The fourth-order valence-corrected chi connectivity index (χ4v) is 14.9. The number of aromatic amines is 1. The van der Waals surface area contributed by atoms with Crippen molar-refractivity contribution < 1.29 is 8.83 Å². The highest BCUT2D eigenvalue weighted by Gasteiger charge is 2.22. The minimum atomic E-state index is 0.899. The van der Waals surface area contributed by atoms with E-state index in [-0.39, 0.29) is 0 Å². The first-order chi connectivity index (χ1) is 46.0. The Morgan fingerprint density at radius 2 is 0.602 bits per heavy atom. The quantitative estimate of drug-likeness (QED) is 0.175. The number of nitrogens with one attached hydrogen (secondary N) is 1. The number of benzene rings is 16. The van der Waals surface area contributed by atoms with Gasteiger partial charge in [0.2, 0.25) is 0 Å². The molecule has 436 valence electrons. The van der Waals surface area contributed by atoms with Gasteiger partial charge in [-0.15, -0.1) is 0 Å². The first-order valence-corrected chi connectivity index (χ1v) is 32.3. The lowest BCUT2D eigenvalue weighted by atomic mass is 9.96. The topological polar surface area (TPSA) is 47.0 Å². The van der Waals surface area contributed by atoms with Crippen molar-refractivity contribution >= 4 is 147 Å². The molecular formula is C88H55BrN2O2. The van der Waals surface area contributed by atoms with Crippen LogP contribution in [0.5, 0.6) is 0 Å². The van der Waals surface area contributed by atoms with E-state index < -0.39 is 0 Å². The summed E-state index contributed by atoms with van der Waals surface area (Å²) in [5.74, 6) is 0. The van der Waals surface area contributed by atoms with Crippen molar-refractivity contribution in [1.82, 2.24) is 9.55 Å². The van der Waals surface area contributed by atoms with Crippen molar-refractivity contribution in [3.63, 3.8) is 0 Å². The molecule has 4 nitrogen and oxygen atoms in total. The van der Waals surface area contributed by atoms with Crippen LogP contribution in [-0.4, -0.2) is 9.55 Å². The molecule has 1 N–H and O–H groups in total. The third-order valence-corrected chi connectivity index (χ3v) is 19.1. The van der Waals surface area contributed by atoms with E-state index in [1.807, 2.05) is 12.1 Å². The lowest BCUT2D eigenvalue weighted by Gasteiger charge is -2.14. The second kappa shape index (κ2) is 22.3. The molecule has 20 aromatic rings. The van der Waals surface area contributed by atoms with E-state index in [2.05, 4.69) is 341 Å². The van der Waals surface area contributed by atoms with Crippen LogP contribution >= 0.6 is 15.9 Å². The standard InChI is InChI=1S/C44H27NO.C26H15NO.C18H13Br/c1-3-13-28(14-4-1)30-23-31(29-15-5-2-6-16-29)25-32(24-30)45-40-22-12-11-19-35(40)38-26-39-42(27-41(38)45)46-44-37-21-10-8-18-34(37)33-17-7-9-20-36(33)43(39)44;1-3-10-18-15(7-1)16-8-2-4-11-19(16)26-25(18)21-13-20-17-9-5-6-12-22(17)27-23(20)14-24(21)28-26;19-18-12-16(14-7-3-1-4-8-14)11-17(13-18)15-9-5-2-6-10-15/h1-27H;1-14,27H;1-13H. The predicted octanol–water partition coefficient (Wildman–Crippen LogP) is 25.6. The van der Waals surface area contributed by atoms with E-state index in [0.717, 1.165) is 59.8 Å². The molecule has 0 aliphatic carbocycles. The number of halogens is 1. The van der Waals surface area contributed by atoms with E-state index in [0.29, 0.717) is 0 Å². The predicted molar refractivity (Wildman–Crippen MR) is 397 cm³/mol. The number of H-pyrrole nitrogens is 1. The molecule has 0 radical (unpaired) electrons. The van der Waals surface area contributed by atoms with Crippen LogP contribution in [0.15, 0.2) is 341 Å². The Kier molecular flexibility index (Phi) is 13.0. The second-order valence-electron chi connectivity index (χ2n) is 24.0. The average Bonchev–Trinajstić information content (AvgIpc) is 1.66. The Hall–Kier alpha value is -11.8. The summed E-state index contributed by atoms with van der Waals surface area (Å²) in [6.45, 7) is 0. The van der Waals surface area contributed by atoms with E-state index in [1.165, 1.54) is 125 Å². The molecule has 0 aliphatic heterocycles. The number of para-hydroxylation sites is 2. The maximum atomic E-state index is 6.84. The Labute approximate surface area is 543 Å². The molecule has 20 rings (SSSR count). The van der Waals surface area contributed by atoms with E-state index in [4.69, 9.17) is 8.83 Å². The molecule has 0 fully saturated rings. The molecule has 0 unspecified atom stereocenters. The lowest BCUT2D eigenvalue weighted by Crippen LogP contribution is -1.96. The molecular weight excluding hydrogens is 1200 g/mol. The molecule has 4 aromatic heterocycles. The smallest absolute Gasteiger partial charge is 0.143 e. The average molecular weight is 1250 g/mol. The van der Waals surface area contributed by atoms with E-state index in [1.54, 1.807) is 0 Å². The maximum Gasteiger partial charge on any atom is 0.143 e. The van der Waals surface area contributed by atoms with Gasteiger partial charge in [-0.2, -0.15) is 0 Å². The molecule has 0 aliphatic rings. The molecule has 0 saturated carbocycles. The minimum Gasteiger partial charge on any atom is -0.455 e. The Balaban J connectivity index is 0.000000114. The fraction of sp³-hybridized carbons (Fsp3) is 0. The molecule has 0 saturated heterocycles. The van der Waals surface area contributed by atoms with E-state index in [9.17, 15) is 0 Å². The first-order valence-electron chi connectivity index (χ1n) is 31.6. The molecule has 0 amide bonds. The van der Waals surface area contributed by atoms with Gasteiger partial charge >= 0.3 is 0 Å². The number of rotatable bonds is 5. The van der Waals surface area contributed by atoms with Crippen LogP contribution in [0, 0.1) is 0 Å². The summed E-state index contributed by atoms with van der Waals surface area (Å²) in [7, 11) is 0. The highest BCUT2D eigenvalue weighted by Crippen LogP contribution is 2.46. The first kappa shape index (κ1) is 54.2. The van der Waals surface area contributed by atoms with Crippen LogP contribution in [0.25, 0.3) is 181 Å². The number of hydrogen-bond donors (Lipinski definition) is 1. The molecule has 93 heavy (non-hydrogen) atoms. The zero-order valence-corrected chi connectivity index (χ0v) is 51.9. The van der Waals surface area contributed by atoms with Crippen LogP contribution in [0.2, 0.25) is 0 Å². The SMILES string of the molecule is Brc1cc(-c2ccccc2)cc(-c2ccccc2)c1.c1ccc(-c2cc(-c3ccccc3)cc(-n3c4ccccc4c4cc5c(cc43)oc3c4ccccc4c4ccccc4c53)c2)cc1.c1ccc2c(c1)[nH]c1cc3oc4c5ccccc5c5ccccc5c4c3cc12. The van der Waals surface area contributed by atoms with Gasteiger partial charge in [0.25, 0.3) is 0 Å². The number of fused-ring (bicyclic) bond motifs is 22. The number of furan rings is 2. The minimum absolute atomic E-state index is 0.899. The van der Waals surface area contributed by atoms with Crippen LogP contribution in [0.1, 0.15) is 0 Å². The summed E-state index contributed by atoms with van der Waals surface area (Å²) in [6.07, 6.45) is 0. The van der Waals surface area contributed by atoms with Gasteiger partial charge in [0.15, 0.2) is 0 Å². The Morgan fingerprint density at radius 1 is 0.237 bits per heavy atom. The second-order valence-corrected chi connectivity index (χ2v) is 25.0. The molecule has 5 heteroatoms. The van der Waals surface area contributed by atoms with Crippen molar-refractivity contribution in [2.24, 2.45) is 0 Å². The largest absolute Gasteiger partial charge is 0.455 e. The van der Waals surface area contributed by atoms with Gasteiger partial charge in [0, 0.05) is 81.7 Å². The van der Waals surface area contributed by atoms with Crippen LogP contribution in [0.3, 0.4) is 0 Å². The van der Waals surface area contributed by atoms with Crippen LogP contribution < -0.4 is 0 Å². The lowest BCUT2D eigenvalue weighted by molar-refractivity contribution is 0.673. The molecule has 4 heterocycles. The molecule has 0 bridgehead atoms. The summed E-state index contributed by atoms with van der Waals surface area (Å²) in [5.41, 5.74) is 19.1. The highest BCUT2D eigenvalue weighted by molar-refractivity contribution is 9.10. The maximum absolute atomic E-state index is 6.84. The number of nitrogens with zero attached hydrogens (tertiary/aromatic N) is 1. The summed E-state index contributed by atoms with van der Waals surface area (Å²) in [6, 6.07) is 116. The summed E-state index contributed by atoms with van der Waals surface area (Å²) >= 11 is 3.61. The zero-order valence-electron chi connectivity index (χ0n) is 50.3. The zero-order chi connectivity index (χ0) is 61.5. The van der Waals surface area contributed by atoms with Gasteiger partial charge in [-0.05, 0) is 137 Å². The molecule has 0 spiro atoms. The molecule has 16 aromatic carbocycles. The molecule has 0 atom stereocenters. The fourth-order valence-electron chi connectivity index (χ4n) is 14.4. The monoisotopic (exact) mass is 1250 g/mol. The van der Waals surface area contributed by atoms with Crippen molar-refractivity contribution in [3.05, 3.63) is 332 Å². The highest BCUT2D eigenvalue weighted by atomic mass is 79.9. The van der Waals surface area contributed by atoms with Crippen molar-refractivity contribution in [2.75, 3.05) is 0 Å². The number of hydrogen-bond acceptors (Lipinski definition) is 2. The van der Waals surface area contributed by atoms with E-state index >= 15 is 0 Å². The van der Waals surface area contributed by atoms with Crippen molar-refractivity contribution in [1.29, 1.82) is 0 Å². The third kappa shape index (κ3) is 9.27. The van der Waals surface area contributed by atoms with Gasteiger partial charge in [0.05, 0.1) is 16.6 Å². The van der Waals surface area contributed by atoms with Crippen LogP contribution in [0.4, 0.5) is 0 Å². The van der Waals surface area contributed by atoms with Gasteiger partial charge < -0.3 is 18.4 Å². The third-order valence-electron chi connectivity index (χ3n) is 18.6. The Morgan fingerprint density at radius 3 is 1.09 bits per heavy atom. The number of aromatic nitrogens is 2. The normalized spacial score (nSPS) is 11.7. The Bertz CT molecular complexity index is 6180. The summed E-state index contributed by atoms with van der Waals surface area (Å²) in [5, 5.41) is 19.4. The summed E-state index contributed by atoms with van der Waals surface area (Å²) < 4.78 is 16.8. The van der Waals surface area contributed by atoms with Crippen molar-refractivity contribution in [3.8, 4) is 50.2 Å². The van der Waals surface area contributed by atoms with Gasteiger partial charge in [0.1, 0.15) is 22.3 Å². The van der Waals surface area contributed by atoms with Gasteiger partial charge in [-0.25, -0.2) is 0 Å². The van der Waals surface area contributed by atoms with Crippen molar-refractivity contribution in [2.45, 2.75) is 0 Å². The van der Waals surface area contributed by atoms with Gasteiger partial charge in [-0.3, -0.25) is 0 Å². The summed E-state index contributed by atoms with van der Waals surface area (Å²) in [4.78, 5) is 3.53. The van der Waals surface area contributed by atoms with Crippen LogP contribution in [-0.2, 0) is 0 Å².